The highest BCUT2D eigenvalue weighted by atomic mass is 16.6. The number of carboxylic acids is 1. The van der Waals surface area contributed by atoms with Gasteiger partial charge < -0.3 is 9.84 Å². The Bertz CT molecular complexity index is 676. The Morgan fingerprint density at radius 1 is 1.29 bits per heavy atom. The van der Waals surface area contributed by atoms with Crippen molar-refractivity contribution >= 4 is 17.6 Å². The molecule has 0 aromatic heterocycles. The number of hydrogen-bond acceptors (Lipinski definition) is 5. The van der Waals surface area contributed by atoms with E-state index in [1.165, 1.54) is 18.2 Å². The topological polar surface area (TPSA) is 107 Å². The zero-order valence-electron chi connectivity index (χ0n) is 13.9. The van der Waals surface area contributed by atoms with Gasteiger partial charge in [0, 0.05) is 12.1 Å². The molecule has 1 saturated carbocycles. The Morgan fingerprint density at radius 2 is 1.96 bits per heavy atom. The lowest BCUT2D eigenvalue weighted by Crippen LogP contribution is -2.27. The average molecular weight is 335 g/mol. The molecule has 24 heavy (non-hydrogen) atoms. The van der Waals surface area contributed by atoms with Gasteiger partial charge in [-0.05, 0) is 57.6 Å². The van der Waals surface area contributed by atoms with E-state index in [-0.39, 0.29) is 29.1 Å². The van der Waals surface area contributed by atoms with Gasteiger partial charge in [-0.3, -0.25) is 14.9 Å². The molecular weight excluding hydrogens is 314 g/mol. The van der Waals surface area contributed by atoms with Crippen LogP contribution >= 0.6 is 0 Å². The van der Waals surface area contributed by atoms with Crippen LogP contribution in [0.4, 0.5) is 5.69 Å². The monoisotopic (exact) mass is 335 g/mol. The number of carboxylic acid groups (broad SMARTS) is 1. The molecule has 2 rings (SSSR count). The first-order valence-electron chi connectivity index (χ1n) is 7.83. The van der Waals surface area contributed by atoms with Gasteiger partial charge in [0.15, 0.2) is 0 Å². The second-order valence-corrected chi connectivity index (χ2v) is 7.07. The van der Waals surface area contributed by atoms with Crippen LogP contribution in [0.15, 0.2) is 18.2 Å². The number of nitro benzene ring substituents is 1. The van der Waals surface area contributed by atoms with E-state index in [0.29, 0.717) is 24.8 Å². The van der Waals surface area contributed by atoms with Crippen molar-refractivity contribution in [3.8, 4) is 0 Å². The molecule has 1 aromatic carbocycles. The zero-order valence-corrected chi connectivity index (χ0v) is 13.9. The van der Waals surface area contributed by atoms with Crippen molar-refractivity contribution in [1.82, 2.24) is 0 Å². The molecule has 130 valence electrons. The number of hydrogen-bond donors (Lipinski definition) is 1. The van der Waals surface area contributed by atoms with Crippen LogP contribution in [0, 0.1) is 16.0 Å². The van der Waals surface area contributed by atoms with Crippen molar-refractivity contribution in [2.45, 2.75) is 51.6 Å². The van der Waals surface area contributed by atoms with E-state index < -0.39 is 16.5 Å². The lowest BCUT2D eigenvalue weighted by molar-refractivity contribution is -0.384. The van der Waals surface area contributed by atoms with Crippen molar-refractivity contribution in [2.24, 2.45) is 5.92 Å². The first kappa shape index (κ1) is 17.9. The van der Waals surface area contributed by atoms with Gasteiger partial charge >= 0.3 is 11.9 Å². The summed E-state index contributed by atoms with van der Waals surface area (Å²) in [6, 6.07) is 3.76. The normalized spacial score (nSPS) is 20.6. The van der Waals surface area contributed by atoms with Crippen LogP contribution in [0.25, 0.3) is 0 Å². The van der Waals surface area contributed by atoms with Crippen LogP contribution < -0.4 is 0 Å². The summed E-state index contributed by atoms with van der Waals surface area (Å²) in [7, 11) is 0. The van der Waals surface area contributed by atoms with Crippen LogP contribution in [0.1, 0.15) is 61.9 Å². The van der Waals surface area contributed by atoms with Gasteiger partial charge in [-0.2, -0.15) is 0 Å². The Kier molecular flexibility index (Phi) is 4.91. The van der Waals surface area contributed by atoms with Crippen LogP contribution in [0.5, 0.6) is 0 Å². The summed E-state index contributed by atoms with van der Waals surface area (Å²) in [5.74, 6) is -1.93. The molecule has 0 heterocycles. The van der Waals surface area contributed by atoms with Crippen molar-refractivity contribution in [3.63, 3.8) is 0 Å². The summed E-state index contributed by atoms with van der Waals surface area (Å²) in [4.78, 5) is 34.0. The number of aromatic carboxylic acids is 1. The molecule has 0 aliphatic heterocycles. The van der Waals surface area contributed by atoms with Crippen LogP contribution in [0.2, 0.25) is 0 Å². The minimum absolute atomic E-state index is 0.0513. The molecule has 0 bridgehead atoms. The molecule has 1 fully saturated rings. The predicted molar refractivity (Wildman–Crippen MR) is 86.0 cm³/mol. The number of esters is 1. The fraction of sp³-hybridized carbons (Fsp3) is 0.529. The summed E-state index contributed by atoms with van der Waals surface area (Å²) in [5.41, 5.74) is -0.249. The van der Waals surface area contributed by atoms with E-state index in [2.05, 4.69) is 0 Å². The number of nitrogens with zero attached hydrogens (tertiary/aromatic N) is 1. The maximum absolute atomic E-state index is 12.2. The van der Waals surface area contributed by atoms with Crippen molar-refractivity contribution in [3.05, 3.63) is 39.4 Å². The summed E-state index contributed by atoms with van der Waals surface area (Å²) in [5, 5.41) is 20.3. The summed E-state index contributed by atoms with van der Waals surface area (Å²) < 4.78 is 5.38. The van der Waals surface area contributed by atoms with E-state index >= 15 is 0 Å². The largest absolute Gasteiger partial charge is 0.478 e. The maximum atomic E-state index is 12.2. The third-order valence-electron chi connectivity index (χ3n) is 4.09. The Hall–Kier alpha value is -2.44. The van der Waals surface area contributed by atoms with E-state index in [1.54, 1.807) is 20.8 Å². The van der Waals surface area contributed by atoms with Gasteiger partial charge in [-0.25, -0.2) is 4.79 Å². The zero-order chi connectivity index (χ0) is 18.1. The van der Waals surface area contributed by atoms with Gasteiger partial charge in [0.25, 0.3) is 5.69 Å². The van der Waals surface area contributed by atoms with Crippen LogP contribution in [0.3, 0.4) is 0 Å². The van der Waals surface area contributed by atoms with E-state index in [4.69, 9.17) is 4.74 Å². The minimum atomic E-state index is -1.12. The number of non-ortho nitro benzene ring substituents is 1. The molecule has 1 aromatic rings. The van der Waals surface area contributed by atoms with Crippen molar-refractivity contribution in [1.29, 1.82) is 0 Å². The molecule has 0 amide bonds. The Morgan fingerprint density at radius 3 is 2.50 bits per heavy atom. The molecule has 0 spiro atoms. The van der Waals surface area contributed by atoms with Gasteiger partial charge in [0.05, 0.1) is 16.4 Å². The summed E-state index contributed by atoms with van der Waals surface area (Å²) in [6.07, 6.45) is 1.63. The summed E-state index contributed by atoms with van der Waals surface area (Å²) in [6.45, 7) is 5.38. The van der Waals surface area contributed by atoms with Crippen LogP contribution in [-0.2, 0) is 9.53 Å². The number of ether oxygens (including phenoxy) is 1. The number of nitro groups is 1. The third-order valence-corrected chi connectivity index (χ3v) is 4.09. The standard InChI is InChI=1S/C17H21NO6/c1-17(2,3)24-16(21)11-5-4-10(8-11)14-9-12(18(22)23)6-7-13(14)15(19)20/h6-7,9-11H,4-5,8H2,1-3H3,(H,19,20). The smallest absolute Gasteiger partial charge is 0.335 e. The lowest BCUT2D eigenvalue weighted by Gasteiger charge is -2.22. The molecule has 1 N–H and O–H groups in total. The number of carbonyl (C=O) groups is 2. The first-order chi connectivity index (χ1) is 11.1. The second kappa shape index (κ2) is 6.59. The Labute approximate surface area is 139 Å². The van der Waals surface area contributed by atoms with Gasteiger partial charge in [-0.1, -0.05) is 0 Å². The molecule has 7 heteroatoms. The molecule has 7 nitrogen and oxygen atoms in total. The van der Waals surface area contributed by atoms with Crippen LogP contribution in [-0.4, -0.2) is 27.6 Å². The quantitative estimate of drug-likeness (QED) is 0.512. The average Bonchev–Trinajstić information content (AvgIpc) is 2.94. The number of rotatable bonds is 4. The van der Waals surface area contributed by atoms with Crippen molar-refractivity contribution < 1.29 is 24.4 Å². The first-order valence-corrected chi connectivity index (χ1v) is 7.83. The molecule has 2 atom stereocenters. The highest BCUT2D eigenvalue weighted by Crippen LogP contribution is 2.41. The maximum Gasteiger partial charge on any atom is 0.335 e. The fourth-order valence-electron chi connectivity index (χ4n) is 3.06. The van der Waals surface area contributed by atoms with Gasteiger partial charge in [-0.15, -0.1) is 0 Å². The molecule has 0 radical (unpaired) electrons. The highest BCUT2D eigenvalue weighted by molar-refractivity contribution is 5.90. The number of benzene rings is 1. The van der Waals surface area contributed by atoms with Crippen molar-refractivity contribution in [2.75, 3.05) is 0 Å². The SMILES string of the molecule is CC(C)(C)OC(=O)C1CCC(c2cc([N+](=O)[O-])ccc2C(=O)O)C1. The molecule has 2 unspecified atom stereocenters. The minimum Gasteiger partial charge on any atom is -0.478 e. The molecule has 1 aliphatic carbocycles. The third kappa shape index (κ3) is 4.10. The molecular formula is C17H21NO6. The molecule has 0 saturated heterocycles. The predicted octanol–water partition coefficient (Wildman–Crippen LogP) is 3.52. The van der Waals surface area contributed by atoms with E-state index in [0.717, 1.165) is 0 Å². The summed E-state index contributed by atoms with van der Waals surface area (Å²) >= 11 is 0. The van der Waals surface area contributed by atoms with Gasteiger partial charge in [0.2, 0.25) is 0 Å². The second-order valence-electron chi connectivity index (χ2n) is 7.07. The molecule has 1 aliphatic rings. The lowest BCUT2D eigenvalue weighted by atomic mass is 9.91. The fourth-order valence-corrected chi connectivity index (χ4v) is 3.06. The Balaban J connectivity index is 2.23. The highest BCUT2D eigenvalue weighted by Gasteiger charge is 2.35. The van der Waals surface area contributed by atoms with E-state index in [9.17, 15) is 24.8 Å². The number of carbonyl (C=O) groups excluding carboxylic acids is 1. The van der Waals surface area contributed by atoms with E-state index in [1.807, 2.05) is 0 Å². The van der Waals surface area contributed by atoms with Gasteiger partial charge in [0.1, 0.15) is 5.60 Å².